The number of alkyl halides is 1. The van der Waals surface area contributed by atoms with Crippen molar-refractivity contribution in [3.8, 4) is 0 Å². The van der Waals surface area contributed by atoms with Crippen molar-refractivity contribution in [1.82, 2.24) is 0 Å². The summed E-state index contributed by atoms with van der Waals surface area (Å²) in [5.74, 6) is 0.607. The molecule has 0 heterocycles. The van der Waals surface area contributed by atoms with Gasteiger partial charge in [-0.2, -0.15) is 0 Å². The quantitative estimate of drug-likeness (QED) is 0.547. The lowest BCUT2D eigenvalue weighted by molar-refractivity contribution is -0.108. The molecule has 1 spiro atoms. The Hall–Kier alpha value is 0.150. The number of aldehydes is 1. The van der Waals surface area contributed by atoms with Crippen LogP contribution in [0.25, 0.3) is 0 Å². The van der Waals surface area contributed by atoms with Crippen molar-refractivity contribution < 1.29 is 4.79 Å². The monoisotopic (exact) mass is 272 g/mol. The molecule has 0 radical (unpaired) electrons. The van der Waals surface area contributed by atoms with Gasteiger partial charge in [0.15, 0.2) is 0 Å². The first-order valence-electron chi connectivity index (χ1n) is 6.35. The summed E-state index contributed by atoms with van der Waals surface area (Å²) in [4.78, 5) is 10.8. The Morgan fingerprint density at radius 3 is 2.20 bits per heavy atom. The zero-order valence-electron chi connectivity index (χ0n) is 9.38. The van der Waals surface area contributed by atoms with E-state index in [0.717, 1.165) is 6.29 Å². The van der Waals surface area contributed by atoms with E-state index in [4.69, 9.17) is 0 Å². The molecule has 2 saturated carbocycles. The van der Waals surface area contributed by atoms with E-state index in [0.29, 0.717) is 11.3 Å². The lowest BCUT2D eigenvalue weighted by Gasteiger charge is -2.43. The molecule has 0 N–H and O–H groups in total. The van der Waals surface area contributed by atoms with Gasteiger partial charge in [0.1, 0.15) is 6.29 Å². The summed E-state index contributed by atoms with van der Waals surface area (Å²) < 4.78 is 0. The van der Waals surface area contributed by atoms with Crippen molar-refractivity contribution in [3.05, 3.63) is 0 Å². The van der Waals surface area contributed by atoms with Gasteiger partial charge < -0.3 is 4.79 Å². The minimum Gasteiger partial charge on any atom is -0.302 e. The van der Waals surface area contributed by atoms with Crippen LogP contribution in [0, 0.1) is 11.3 Å². The number of hydrogen-bond acceptors (Lipinski definition) is 1. The second-order valence-corrected chi connectivity index (χ2v) is 6.54. The molecule has 1 unspecified atom stereocenters. The fourth-order valence-electron chi connectivity index (χ4n) is 3.48. The van der Waals surface area contributed by atoms with E-state index in [1.165, 1.54) is 57.8 Å². The van der Waals surface area contributed by atoms with E-state index in [9.17, 15) is 4.79 Å². The summed E-state index contributed by atoms with van der Waals surface area (Å²) in [5, 5.41) is 0. The molecule has 2 aliphatic carbocycles. The number of hydrogen-bond donors (Lipinski definition) is 0. The van der Waals surface area contributed by atoms with Crippen LogP contribution in [0.5, 0.6) is 0 Å². The molecule has 2 aliphatic rings. The molecule has 0 amide bonds. The molecule has 0 bridgehead atoms. The highest BCUT2D eigenvalue weighted by Gasteiger charge is 2.37. The van der Waals surface area contributed by atoms with E-state index in [2.05, 4.69) is 15.9 Å². The van der Waals surface area contributed by atoms with Gasteiger partial charge in [0.25, 0.3) is 0 Å². The molecular weight excluding hydrogens is 252 g/mol. The second-order valence-electron chi connectivity index (χ2n) is 5.48. The van der Waals surface area contributed by atoms with Crippen molar-refractivity contribution in [2.75, 3.05) is 0 Å². The molecule has 2 rings (SSSR count). The third kappa shape index (κ3) is 2.64. The molecule has 0 aromatic heterocycles. The molecule has 15 heavy (non-hydrogen) atoms. The Kier molecular flexibility index (Phi) is 3.87. The molecule has 0 saturated heterocycles. The zero-order valence-corrected chi connectivity index (χ0v) is 11.0. The van der Waals surface area contributed by atoms with Crippen LogP contribution in [-0.2, 0) is 4.79 Å². The molecule has 2 heteroatoms. The smallest absolute Gasteiger partial charge is 0.133 e. The van der Waals surface area contributed by atoms with Gasteiger partial charge in [0.2, 0.25) is 0 Å². The molecule has 1 nitrogen and oxygen atoms in total. The predicted molar refractivity (Wildman–Crippen MR) is 66.3 cm³/mol. The summed E-state index contributed by atoms with van der Waals surface area (Å²) in [6.45, 7) is 0. The highest BCUT2D eigenvalue weighted by molar-refractivity contribution is 9.09. The standard InChI is InChI=1S/C13H21BrO/c14-12(10-15)11-4-8-13(9-5-11)6-2-1-3-7-13/h10-12H,1-9H2. The average Bonchev–Trinajstić information content (AvgIpc) is 2.30. The van der Waals surface area contributed by atoms with Gasteiger partial charge in [0.05, 0.1) is 4.83 Å². The summed E-state index contributed by atoms with van der Waals surface area (Å²) in [5.41, 5.74) is 0.685. The van der Waals surface area contributed by atoms with Crippen LogP contribution in [0.15, 0.2) is 0 Å². The van der Waals surface area contributed by atoms with Gasteiger partial charge in [-0.3, -0.25) is 0 Å². The summed E-state index contributed by atoms with van der Waals surface area (Å²) in [6, 6.07) is 0. The molecule has 2 fully saturated rings. The molecule has 1 atom stereocenters. The average molecular weight is 273 g/mol. The van der Waals surface area contributed by atoms with E-state index in [-0.39, 0.29) is 4.83 Å². The molecule has 0 aromatic rings. The maximum Gasteiger partial charge on any atom is 0.133 e. The normalized spacial score (nSPS) is 28.9. The minimum atomic E-state index is 0.110. The van der Waals surface area contributed by atoms with Gasteiger partial charge in [-0.25, -0.2) is 0 Å². The lowest BCUT2D eigenvalue weighted by Crippen LogP contribution is -2.32. The number of rotatable bonds is 2. The number of carbonyl (C=O) groups excluding carboxylic acids is 1. The van der Waals surface area contributed by atoms with Crippen molar-refractivity contribution in [1.29, 1.82) is 0 Å². The van der Waals surface area contributed by atoms with Gasteiger partial charge >= 0.3 is 0 Å². The van der Waals surface area contributed by atoms with Crippen LogP contribution >= 0.6 is 15.9 Å². The topological polar surface area (TPSA) is 17.1 Å². The van der Waals surface area contributed by atoms with Crippen LogP contribution in [0.2, 0.25) is 0 Å². The summed E-state index contributed by atoms with van der Waals surface area (Å²) in [6.07, 6.45) is 13.6. The van der Waals surface area contributed by atoms with Crippen LogP contribution in [0.3, 0.4) is 0 Å². The molecule has 0 aliphatic heterocycles. The van der Waals surface area contributed by atoms with Crippen LogP contribution in [-0.4, -0.2) is 11.1 Å². The van der Waals surface area contributed by atoms with Gasteiger partial charge in [-0.1, -0.05) is 35.2 Å². The van der Waals surface area contributed by atoms with Crippen molar-refractivity contribution >= 4 is 22.2 Å². The predicted octanol–water partition coefficient (Wildman–Crippen LogP) is 4.09. The highest BCUT2D eigenvalue weighted by Crippen LogP contribution is 2.49. The third-order valence-electron chi connectivity index (χ3n) is 4.59. The van der Waals surface area contributed by atoms with Gasteiger partial charge in [-0.15, -0.1) is 0 Å². The third-order valence-corrected chi connectivity index (χ3v) is 5.55. The first-order chi connectivity index (χ1) is 7.26. The number of halogens is 1. The second kappa shape index (κ2) is 4.99. The van der Waals surface area contributed by atoms with Crippen LogP contribution < -0.4 is 0 Å². The maximum atomic E-state index is 10.7. The summed E-state index contributed by atoms with van der Waals surface area (Å²) >= 11 is 3.48. The van der Waals surface area contributed by atoms with Crippen LogP contribution in [0.4, 0.5) is 0 Å². The van der Waals surface area contributed by atoms with E-state index >= 15 is 0 Å². The first kappa shape index (κ1) is 11.6. The minimum absolute atomic E-state index is 0.110. The highest BCUT2D eigenvalue weighted by atomic mass is 79.9. The Labute approximate surface area is 101 Å². The fourth-order valence-corrected chi connectivity index (χ4v) is 4.01. The first-order valence-corrected chi connectivity index (χ1v) is 7.27. The molecular formula is C13H21BrO. The van der Waals surface area contributed by atoms with Gasteiger partial charge in [0, 0.05) is 0 Å². The van der Waals surface area contributed by atoms with Crippen molar-refractivity contribution in [2.45, 2.75) is 62.6 Å². The fraction of sp³-hybridized carbons (Fsp3) is 0.923. The Balaban J connectivity index is 1.87. The largest absolute Gasteiger partial charge is 0.302 e. The van der Waals surface area contributed by atoms with Crippen molar-refractivity contribution in [2.24, 2.45) is 11.3 Å². The van der Waals surface area contributed by atoms with Crippen molar-refractivity contribution in [3.63, 3.8) is 0 Å². The Morgan fingerprint density at radius 2 is 1.67 bits per heavy atom. The lowest BCUT2D eigenvalue weighted by atomic mass is 9.63. The number of carbonyl (C=O) groups is 1. The van der Waals surface area contributed by atoms with Crippen LogP contribution in [0.1, 0.15) is 57.8 Å². The van der Waals surface area contributed by atoms with E-state index in [1.807, 2.05) is 0 Å². The van der Waals surface area contributed by atoms with E-state index < -0.39 is 0 Å². The zero-order chi connectivity index (χ0) is 10.7. The molecule has 86 valence electrons. The Bertz CT molecular complexity index is 211. The maximum absolute atomic E-state index is 10.7. The summed E-state index contributed by atoms with van der Waals surface area (Å²) in [7, 11) is 0. The van der Waals surface area contributed by atoms with Gasteiger partial charge in [-0.05, 0) is 49.9 Å². The molecule has 0 aromatic carbocycles. The van der Waals surface area contributed by atoms with E-state index in [1.54, 1.807) is 0 Å². The Morgan fingerprint density at radius 1 is 1.07 bits per heavy atom. The SMILES string of the molecule is O=CC(Br)C1CCC2(CCCCC2)CC1.